The summed E-state index contributed by atoms with van der Waals surface area (Å²) in [5.74, 6) is 0.679. The molecule has 1 saturated heterocycles. The zero-order chi connectivity index (χ0) is 13.6. The molecular formula is C16H24N2O. The van der Waals surface area contributed by atoms with E-state index in [4.69, 9.17) is 4.74 Å². The largest absolute Gasteiger partial charge is 0.381 e. The lowest BCUT2D eigenvalue weighted by molar-refractivity contribution is -0.0923. The van der Waals surface area contributed by atoms with Crippen molar-refractivity contribution in [2.75, 3.05) is 30.9 Å². The van der Waals surface area contributed by atoms with E-state index < -0.39 is 0 Å². The minimum Gasteiger partial charge on any atom is -0.381 e. The molecule has 0 aromatic heterocycles. The summed E-state index contributed by atoms with van der Waals surface area (Å²) in [5.41, 5.74) is 2.69. The quantitative estimate of drug-likeness (QED) is 0.904. The maximum atomic E-state index is 5.85. The summed E-state index contributed by atoms with van der Waals surface area (Å²) < 4.78 is 5.85. The van der Waals surface area contributed by atoms with E-state index >= 15 is 0 Å². The summed E-state index contributed by atoms with van der Waals surface area (Å²) in [6.45, 7) is 5.55. The maximum absolute atomic E-state index is 5.85. The van der Waals surface area contributed by atoms with Crippen LogP contribution in [0.4, 0.5) is 11.4 Å². The third-order valence-corrected chi connectivity index (χ3v) is 4.79. The maximum Gasteiger partial charge on any atom is 0.0694 e. The summed E-state index contributed by atoms with van der Waals surface area (Å²) >= 11 is 0. The number of hydrogen-bond donors (Lipinski definition) is 1. The first kappa shape index (κ1) is 12.8. The van der Waals surface area contributed by atoms with Crippen LogP contribution in [0.1, 0.15) is 20.3 Å². The number of fused-ring (bicyclic) bond motifs is 1. The van der Waals surface area contributed by atoms with Gasteiger partial charge in [-0.05, 0) is 24.6 Å². The molecule has 104 valence electrons. The molecule has 2 aliphatic rings. The highest BCUT2D eigenvalue weighted by molar-refractivity contribution is 5.58. The summed E-state index contributed by atoms with van der Waals surface area (Å²) in [6, 6.07) is 9.16. The third kappa shape index (κ3) is 2.00. The minimum atomic E-state index is 0.231. The molecule has 3 unspecified atom stereocenters. The molecular weight excluding hydrogens is 236 g/mol. The number of rotatable bonds is 3. The van der Waals surface area contributed by atoms with E-state index in [1.165, 1.54) is 17.8 Å². The molecule has 1 N–H and O–H groups in total. The van der Waals surface area contributed by atoms with Crippen molar-refractivity contribution in [3.63, 3.8) is 0 Å². The van der Waals surface area contributed by atoms with Gasteiger partial charge in [0.25, 0.3) is 0 Å². The predicted molar refractivity (Wildman–Crippen MR) is 79.8 cm³/mol. The Labute approximate surface area is 115 Å². The highest BCUT2D eigenvalue weighted by Crippen LogP contribution is 2.53. The van der Waals surface area contributed by atoms with Crippen LogP contribution in [0.2, 0.25) is 0 Å². The SMILES string of the molecule is CN(C)c1cccc(NC2C3CCOC3C2(C)C)c1. The number of nitrogens with one attached hydrogen (secondary N) is 1. The molecule has 3 nitrogen and oxygen atoms in total. The van der Waals surface area contributed by atoms with Gasteiger partial charge in [-0.3, -0.25) is 0 Å². The van der Waals surface area contributed by atoms with Crippen LogP contribution in [-0.4, -0.2) is 32.8 Å². The Morgan fingerprint density at radius 1 is 1.32 bits per heavy atom. The van der Waals surface area contributed by atoms with Gasteiger partial charge in [0.1, 0.15) is 0 Å². The van der Waals surface area contributed by atoms with Crippen LogP contribution in [0.5, 0.6) is 0 Å². The van der Waals surface area contributed by atoms with Gasteiger partial charge in [-0.15, -0.1) is 0 Å². The van der Waals surface area contributed by atoms with E-state index in [0.29, 0.717) is 18.1 Å². The van der Waals surface area contributed by atoms with Crippen molar-refractivity contribution in [3.05, 3.63) is 24.3 Å². The van der Waals surface area contributed by atoms with Crippen molar-refractivity contribution >= 4 is 11.4 Å². The summed E-state index contributed by atoms with van der Waals surface area (Å²) in [5, 5.41) is 3.73. The molecule has 1 aromatic carbocycles. The van der Waals surface area contributed by atoms with Gasteiger partial charge in [-0.1, -0.05) is 19.9 Å². The van der Waals surface area contributed by atoms with Crippen LogP contribution < -0.4 is 10.2 Å². The Hall–Kier alpha value is -1.22. The van der Waals surface area contributed by atoms with Gasteiger partial charge in [0.2, 0.25) is 0 Å². The zero-order valence-corrected chi connectivity index (χ0v) is 12.3. The topological polar surface area (TPSA) is 24.5 Å². The number of ether oxygens (including phenoxy) is 1. The first-order valence-corrected chi connectivity index (χ1v) is 7.15. The fraction of sp³-hybridized carbons (Fsp3) is 0.625. The van der Waals surface area contributed by atoms with Crippen LogP contribution in [0, 0.1) is 11.3 Å². The lowest BCUT2D eigenvalue weighted by atomic mass is 9.57. The second-order valence-electron chi connectivity index (χ2n) is 6.63. The molecule has 0 radical (unpaired) electrons. The van der Waals surface area contributed by atoms with Crippen molar-refractivity contribution in [1.29, 1.82) is 0 Å². The smallest absolute Gasteiger partial charge is 0.0694 e. The number of benzene rings is 1. The molecule has 0 spiro atoms. The highest BCUT2D eigenvalue weighted by atomic mass is 16.5. The molecule has 3 rings (SSSR count). The third-order valence-electron chi connectivity index (χ3n) is 4.79. The molecule has 1 aliphatic carbocycles. The van der Waals surface area contributed by atoms with E-state index in [0.717, 1.165) is 6.61 Å². The number of hydrogen-bond acceptors (Lipinski definition) is 3. The van der Waals surface area contributed by atoms with E-state index in [1.54, 1.807) is 0 Å². The molecule has 1 aromatic rings. The average Bonchev–Trinajstić information content (AvgIpc) is 2.83. The van der Waals surface area contributed by atoms with Crippen molar-refractivity contribution in [1.82, 2.24) is 0 Å². The molecule has 0 bridgehead atoms. The number of anilines is 2. The Kier molecular flexibility index (Phi) is 2.97. The van der Waals surface area contributed by atoms with Gasteiger partial charge < -0.3 is 15.0 Å². The lowest BCUT2D eigenvalue weighted by Gasteiger charge is -2.55. The first-order chi connectivity index (χ1) is 9.00. The first-order valence-electron chi connectivity index (χ1n) is 7.15. The normalized spacial score (nSPS) is 31.5. The molecule has 1 aliphatic heterocycles. The van der Waals surface area contributed by atoms with Crippen LogP contribution in [0.25, 0.3) is 0 Å². The van der Waals surface area contributed by atoms with Crippen molar-refractivity contribution in [3.8, 4) is 0 Å². The van der Waals surface area contributed by atoms with E-state index in [2.05, 4.69) is 62.4 Å². The highest BCUT2D eigenvalue weighted by Gasteiger charge is 2.59. The van der Waals surface area contributed by atoms with Crippen LogP contribution in [0.3, 0.4) is 0 Å². The van der Waals surface area contributed by atoms with Gasteiger partial charge in [0.15, 0.2) is 0 Å². The van der Waals surface area contributed by atoms with Crippen molar-refractivity contribution in [2.24, 2.45) is 11.3 Å². The fourth-order valence-electron chi connectivity index (χ4n) is 3.67. The van der Waals surface area contributed by atoms with Gasteiger partial charge in [-0.25, -0.2) is 0 Å². The van der Waals surface area contributed by atoms with Crippen LogP contribution >= 0.6 is 0 Å². The fourth-order valence-corrected chi connectivity index (χ4v) is 3.67. The van der Waals surface area contributed by atoms with Crippen LogP contribution in [-0.2, 0) is 4.74 Å². The minimum absolute atomic E-state index is 0.231. The second-order valence-corrected chi connectivity index (χ2v) is 6.63. The van der Waals surface area contributed by atoms with E-state index in [9.17, 15) is 0 Å². The van der Waals surface area contributed by atoms with Gasteiger partial charge >= 0.3 is 0 Å². The average molecular weight is 260 g/mol. The molecule has 1 saturated carbocycles. The van der Waals surface area contributed by atoms with Gasteiger partial charge in [-0.2, -0.15) is 0 Å². The molecule has 3 atom stereocenters. The molecule has 19 heavy (non-hydrogen) atoms. The van der Waals surface area contributed by atoms with Crippen molar-refractivity contribution < 1.29 is 4.74 Å². The summed E-state index contributed by atoms with van der Waals surface area (Å²) in [6.07, 6.45) is 1.64. The second kappa shape index (κ2) is 4.41. The van der Waals surface area contributed by atoms with Crippen LogP contribution in [0.15, 0.2) is 24.3 Å². The number of nitrogens with zero attached hydrogens (tertiary/aromatic N) is 1. The molecule has 3 heteroatoms. The van der Waals surface area contributed by atoms with Crippen molar-refractivity contribution in [2.45, 2.75) is 32.4 Å². The molecule has 0 amide bonds. The standard InChI is InChI=1S/C16H24N2O/c1-16(2)14(13-8-9-19-15(13)16)17-11-6-5-7-12(10-11)18(3)4/h5-7,10,13-15,17H,8-9H2,1-4H3. The zero-order valence-electron chi connectivity index (χ0n) is 12.3. The van der Waals surface area contributed by atoms with E-state index in [1.807, 2.05) is 0 Å². The molecule has 2 fully saturated rings. The summed E-state index contributed by atoms with van der Waals surface area (Å²) in [4.78, 5) is 2.14. The van der Waals surface area contributed by atoms with Gasteiger partial charge in [0.05, 0.1) is 6.10 Å². The summed E-state index contributed by atoms with van der Waals surface area (Å²) in [7, 11) is 4.15. The predicted octanol–water partition coefficient (Wildman–Crippen LogP) is 2.98. The van der Waals surface area contributed by atoms with Gasteiger partial charge in [0, 0.05) is 49.5 Å². The van der Waals surface area contributed by atoms with E-state index in [-0.39, 0.29) is 5.41 Å². The lowest BCUT2D eigenvalue weighted by Crippen LogP contribution is -2.63. The Bertz CT molecular complexity index is 470. The Balaban J connectivity index is 1.76. The Morgan fingerprint density at radius 2 is 2.11 bits per heavy atom. The molecule has 1 heterocycles. The monoisotopic (exact) mass is 260 g/mol. The Morgan fingerprint density at radius 3 is 2.84 bits per heavy atom.